The summed E-state index contributed by atoms with van der Waals surface area (Å²) in [6.45, 7) is 7.93. The van der Waals surface area contributed by atoms with Crippen LogP contribution in [0.4, 0.5) is 4.79 Å². The summed E-state index contributed by atoms with van der Waals surface area (Å²) in [5.74, 6) is -0.756. The second kappa shape index (κ2) is 18.2. The molecule has 3 amide bonds. The Balaban J connectivity index is 1.06. The van der Waals surface area contributed by atoms with E-state index in [1.54, 1.807) is 0 Å². The van der Waals surface area contributed by atoms with Crippen molar-refractivity contribution in [2.45, 2.75) is 89.4 Å². The number of aliphatic hydroxyl groups excluding tert-OH is 1. The third kappa shape index (κ3) is 9.11. The molecule has 0 spiro atoms. The topological polar surface area (TPSA) is 118 Å². The summed E-state index contributed by atoms with van der Waals surface area (Å²) in [7, 11) is 0. The van der Waals surface area contributed by atoms with Gasteiger partial charge in [-0.2, -0.15) is 0 Å². The van der Waals surface area contributed by atoms with Crippen LogP contribution in [-0.2, 0) is 43.6 Å². The molecule has 4 aromatic rings. The molecule has 2 heterocycles. The highest BCUT2D eigenvalue weighted by Crippen LogP contribution is 2.43. The molecule has 4 aromatic carbocycles. The summed E-state index contributed by atoms with van der Waals surface area (Å²) in [4.78, 5) is 42.7. The summed E-state index contributed by atoms with van der Waals surface area (Å²) >= 11 is 0. The maximum absolute atomic E-state index is 13.4. The van der Waals surface area contributed by atoms with Crippen molar-refractivity contribution >= 4 is 17.9 Å². The van der Waals surface area contributed by atoms with Crippen LogP contribution < -0.4 is 5.32 Å². The molecule has 0 aromatic heterocycles. The molecule has 2 aliphatic heterocycles. The summed E-state index contributed by atoms with van der Waals surface area (Å²) < 4.78 is 18.9. The molecule has 1 saturated carbocycles. The quantitative estimate of drug-likeness (QED) is 0.0997. The van der Waals surface area contributed by atoms with Crippen molar-refractivity contribution in [1.82, 2.24) is 15.1 Å². The van der Waals surface area contributed by atoms with Crippen molar-refractivity contribution < 1.29 is 33.7 Å². The standard InChI is InChI=1S/C46H51N3O7/c1-3-25-48(38-14-8-9-15-38)28-41-31(2)43(35-19-17-32(29-50)18-20-35)56-45(55-41)36-23-21-34(22-24-36)39-16-10-7-13-37(39)27-49-42(51)26-40(44(49)52)47-46(53)54-30-33-11-5-4-6-12-33/h3-7,10-13,16-24,31,38,40-41,43,45,50H,1,8-9,14-15,25-30H2,2H3,(H,47,53). The first-order valence-electron chi connectivity index (χ1n) is 19.7. The van der Waals surface area contributed by atoms with E-state index >= 15 is 0 Å². The van der Waals surface area contributed by atoms with Crippen LogP contribution in [0.3, 0.4) is 0 Å². The predicted molar refractivity (Wildman–Crippen MR) is 213 cm³/mol. The minimum absolute atomic E-state index is 0.0164. The van der Waals surface area contributed by atoms with Gasteiger partial charge in [0.05, 0.1) is 31.8 Å². The van der Waals surface area contributed by atoms with Crippen LogP contribution in [0.5, 0.6) is 0 Å². The Morgan fingerprint density at radius 2 is 1.61 bits per heavy atom. The van der Waals surface area contributed by atoms with E-state index in [0.717, 1.165) is 52.0 Å². The number of alkyl carbamates (subject to hydrolysis) is 1. The Hall–Kier alpha value is -5.13. The van der Waals surface area contributed by atoms with Gasteiger partial charge in [-0.15, -0.1) is 6.58 Å². The van der Waals surface area contributed by atoms with E-state index in [0.29, 0.717) is 6.04 Å². The van der Waals surface area contributed by atoms with Gasteiger partial charge in [0.15, 0.2) is 6.29 Å². The number of nitrogens with zero attached hydrogens (tertiary/aromatic N) is 2. The van der Waals surface area contributed by atoms with Crippen LogP contribution in [-0.4, -0.2) is 64.1 Å². The highest BCUT2D eigenvalue weighted by Gasteiger charge is 2.41. The molecular weight excluding hydrogens is 707 g/mol. The van der Waals surface area contributed by atoms with Gasteiger partial charge < -0.3 is 24.6 Å². The van der Waals surface area contributed by atoms with Gasteiger partial charge in [-0.05, 0) is 46.2 Å². The largest absolute Gasteiger partial charge is 0.445 e. The van der Waals surface area contributed by atoms with Gasteiger partial charge in [0, 0.05) is 30.6 Å². The minimum atomic E-state index is -0.988. The zero-order chi connectivity index (χ0) is 39.0. The van der Waals surface area contributed by atoms with E-state index in [1.165, 1.54) is 30.6 Å². The van der Waals surface area contributed by atoms with Crippen LogP contribution in [0, 0.1) is 5.92 Å². The molecule has 1 aliphatic carbocycles. The average molecular weight is 758 g/mol. The molecule has 10 heteroatoms. The fraction of sp³-hybridized carbons (Fsp3) is 0.370. The molecule has 5 atom stereocenters. The molecule has 0 radical (unpaired) electrons. The highest BCUT2D eigenvalue weighted by atomic mass is 16.7. The Kier molecular flexibility index (Phi) is 12.7. The van der Waals surface area contributed by atoms with E-state index in [1.807, 2.05) is 109 Å². The maximum Gasteiger partial charge on any atom is 0.408 e. The Bertz CT molecular complexity index is 1960. The summed E-state index contributed by atoms with van der Waals surface area (Å²) in [6.07, 6.45) is 5.03. The van der Waals surface area contributed by atoms with Gasteiger partial charge in [-0.3, -0.25) is 19.4 Å². The third-order valence-corrected chi connectivity index (χ3v) is 11.3. The molecule has 292 valence electrons. The van der Waals surface area contributed by atoms with Gasteiger partial charge in [-0.1, -0.05) is 129 Å². The number of carbonyl (C=O) groups excluding carboxylic acids is 3. The molecule has 3 aliphatic rings. The predicted octanol–water partition coefficient (Wildman–Crippen LogP) is 7.62. The summed E-state index contributed by atoms with van der Waals surface area (Å²) in [5, 5.41) is 12.2. The number of likely N-dealkylation sites (tertiary alicyclic amines) is 1. The lowest BCUT2D eigenvalue weighted by Gasteiger charge is -2.43. The highest BCUT2D eigenvalue weighted by molar-refractivity contribution is 6.06. The zero-order valence-corrected chi connectivity index (χ0v) is 31.9. The van der Waals surface area contributed by atoms with E-state index < -0.39 is 24.3 Å². The molecule has 10 nitrogen and oxygen atoms in total. The first-order chi connectivity index (χ1) is 27.3. The lowest BCUT2D eigenvalue weighted by atomic mass is 9.89. The molecule has 3 fully saturated rings. The van der Waals surface area contributed by atoms with Gasteiger partial charge in [0.1, 0.15) is 12.6 Å². The van der Waals surface area contributed by atoms with Crippen molar-refractivity contribution in [3.8, 4) is 11.1 Å². The van der Waals surface area contributed by atoms with E-state index in [-0.39, 0.29) is 50.2 Å². The normalized spacial score (nSPS) is 22.8. The van der Waals surface area contributed by atoms with Crippen LogP contribution in [0.15, 0.2) is 116 Å². The number of carbonyl (C=O) groups is 3. The first kappa shape index (κ1) is 39.1. The number of hydrogen-bond acceptors (Lipinski definition) is 8. The first-order valence-corrected chi connectivity index (χ1v) is 19.7. The SMILES string of the molecule is C=CCN(CC1OC(c2ccc(-c3ccccc3CN3C(=O)CC(NC(=O)OCc4ccccc4)C3=O)cc2)OC(c2ccc(CO)cc2)C1C)C1CCCC1. The molecule has 7 rings (SSSR count). The number of ether oxygens (including phenoxy) is 3. The minimum Gasteiger partial charge on any atom is -0.445 e. The van der Waals surface area contributed by atoms with Crippen molar-refractivity contribution in [3.05, 3.63) is 144 Å². The molecule has 5 unspecified atom stereocenters. The molecular formula is C46H51N3O7. The van der Waals surface area contributed by atoms with Crippen molar-refractivity contribution in [2.24, 2.45) is 5.92 Å². The molecule has 0 bridgehead atoms. The van der Waals surface area contributed by atoms with Gasteiger partial charge in [0.25, 0.3) is 5.91 Å². The molecule has 2 N–H and O–H groups in total. The fourth-order valence-electron chi connectivity index (χ4n) is 8.17. The van der Waals surface area contributed by atoms with Crippen LogP contribution >= 0.6 is 0 Å². The lowest BCUT2D eigenvalue weighted by molar-refractivity contribution is -0.276. The van der Waals surface area contributed by atoms with Gasteiger partial charge in [0.2, 0.25) is 5.91 Å². The summed E-state index contributed by atoms with van der Waals surface area (Å²) in [5.41, 5.74) is 6.20. The zero-order valence-electron chi connectivity index (χ0n) is 31.9. The van der Waals surface area contributed by atoms with Gasteiger partial charge in [-0.25, -0.2) is 4.79 Å². The number of benzene rings is 4. The monoisotopic (exact) mass is 757 g/mol. The number of imide groups is 1. The van der Waals surface area contributed by atoms with Crippen molar-refractivity contribution in [3.63, 3.8) is 0 Å². The Morgan fingerprint density at radius 3 is 2.32 bits per heavy atom. The second-order valence-electron chi connectivity index (χ2n) is 15.1. The third-order valence-electron chi connectivity index (χ3n) is 11.3. The number of amides is 3. The smallest absolute Gasteiger partial charge is 0.408 e. The van der Waals surface area contributed by atoms with Crippen molar-refractivity contribution in [1.29, 1.82) is 0 Å². The van der Waals surface area contributed by atoms with Crippen LogP contribution in [0.1, 0.15) is 79.2 Å². The number of nitrogens with one attached hydrogen (secondary N) is 1. The van der Waals surface area contributed by atoms with Crippen LogP contribution in [0.2, 0.25) is 0 Å². The Labute approximate surface area is 329 Å². The van der Waals surface area contributed by atoms with E-state index in [4.69, 9.17) is 14.2 Å². The molecule has 2 saturated heterocycles. The molecule has 56 heavy (non-hydrogen) atoms. The van der Waals surface area contributed by atoms with Crippen LogP contribution in [0.25, 0.3) is 11.1 Å². The number of hydrogen-bond donors (Lipinski definition) is 2. The summed E-state index contributed by atoms with van der Waals surface area (Å²) in [6, 6.07) is 32.5. The Morgan fingerprint density at radius 1 is 0.911 bits per heavy atom. The van der Waals surface area contributed by atoms with Crippen molar-refractivity contribution in [2.75, 3.05) is 13.1 Å². The van der Waals surface area contributed by atoms with Gasteiger partial charge >= 0.3 is 6.09 Å². The lowest BCUT2D eigenvalue weighted by Crippen LogP contribution is -2.47. The maximum atomic E-state index is 13.4. The van der Waals surface area contributed by atoms with E-state index in [9.17, 15) is 19.5 Å². The average Bonchev–Trinajstić information content (AvgIpc) is 3.86. The fourth-order valence-corrected chi connectivity index (χ4v) is 8.17. The number of aliphatic hydroxyl groups is 1. The second-order valence-corrected chi connectivity index (χ2v) is 15.1. The van der Waals surface area contributed by atoms with E-state index in [2.05, 4.69) is 23.7 Å². The number of rotatable bonds is 14.